The van der Waals surface area contributed by atoms with Gasteiger partial charge in [0.05, 0.1) is 5.56 Å². The van der Waals surface area contributed by atoms with E-state index >= 15 is 0 Å². The lowest BCUT2D eigenvalue weighted by Crippen LogP contribution is -2.34. The van der Waals surface area contributed by atoms with E-state index in [-0.39, 0.29) is 5.91 Å². The number of hydrogen-bond donors (Lipinski definition) is 1. The minimum absolute atomic E-state index is 0.0498. The maximum Gasteiger partial charge on any atom is 0.252 e. The van der Waals surface area contributed by atoms with Gasteiger partial charge in [0.1, 0.15) is 0 Å². The van der Waals surface area contributed by atoms with E-state index in [9.17, 15) is 4.79 Å². The molecule has 0 atom stereocenters. The Labute approximate surface area is 117 Å². The first-order valence-electron chi connectivity index (χ1n) is 6.74. The first-order chi connectivity index (χ1) is 8.66. The molecule has 1 fully saturated rings. The minimum Gasteiger partial charge on any atom is -0.349 e. The van der Waals surface area contributed by atoms with Crippen LogP contribution in [0.15, 0.2) is 22.7 Å². The molecule has 1 aliphatic carbocycles. The van der Waals surface area contributed by atoms with Crippen LogP contribution >= 0.6 is 15.9 Å². The number of carbonyl (C=O) groups is 1. The number of nitrogens with one attached hydrogen (secondary N) is 1. The van der Waals surface area contributed by atoms with Crippen LogP contribution in [0, 0.1) is 6.92 Å². The molecule has 1 saturated carbocycles. The summed E-state index contributed by atoms with van der Waals surface area (Å²) in [6.45, 7) is 2.03. The SMILES string of the molecule is Cc1ccc(C(=O)NC2CCCCCC2)c(Br)c1. The molecule has 0 radical (unpaired) electrons. The zero-order chi connectivity index (χ0) is 13.0. The molecule has 1 aromatic rings. The lowest BCUT2D eigenvalue weighted by atomic mass is 10.1. The number of aryl methyl sites for hydroxylation is 1. The summed E-state index contributed by atoms with van der Waals surface area (Å²) in [5.41, 5.74) is 1.90. The molecule has 2 rings (SSSR count). The average molecular weight is 310 g/mol. The Morgan fingerprint density at radius 2 is 1.89 bits per heavy atom. The van der Waals surface area contributed by atoms with Gasteiger partial charge in [0.25, 0.3) is 5.91 Å². The summed E-state index contributed by atoms with van der Waals surface area (Å²) in [4.78, 5) is 12.2. The van der Waals surface area contributed by atoms with Gasteiger partial charge in [-0.1, -0.05) is 31.7 Å². The number of rotatable bonds is 2. The van der Waals surface area contributed by atoms with E-state index in [4.69, 9.17) is 0 Å². The molecule has 1 amide bonds. The molecule has 0 aromatic heterocycles. The number of benzene rings is 1. The Bertz CT molecular complexity index is 423. The number of hydrogen-bond acceptors (Lipinski definition) is 1. The third kappa shape index (κ3) is 3.58. The summed E-state index contributed by atoms with van der Waals surface area (Å²) in [7, 11) is 0. The number of amides is 1. The van der Waals surface area contributed by atoms with Gasteiger partial charge in [-0.05, 0) is 53.4 Å². The van der Waals surface area contributed by atoms with Crippen molar-refractivity contribution in [2.24, 2.45) is 0 Å². The first kappa shape index (κ1) is 13.6. The quantitative estimate of drug-likeness (QED) is 0.815. The first-order valence-corrected chi connectivity index (χ1v) is 7.53. The van der Waals surface area contributed by atoms with E-state index in [0.717, 1.165) is 28.4 Å². The highest BCUT2D eigenvalue weighted by molar-refractivity contribution is 9.10. The van der Waals surface area contributed by atoms with Crippen LogP contribution in [-0.2, 0) is 0 Å². The van der Waals surface area contributed by atoms with Crippen molar-refractivity contribution in [3.05, 3.63) is 33.8 Å². The molecule has 1 N–H and O–H groups in total. The second-order valence-corrected chi connectivity index (χ2v) is 6.00. The molecule has 0 aliphatic heterocycles. The van der Waals surface area contributed by atoms with Crippen LogP contribution in [0.3, 0.4) is 0 Å². The fourth-order valence-corrected chi connectivity index (χ4v) is 3.16. The molecule has 1 aromatic carbocycles. The smallest absolute Gasteiger partial charge is 0.252 e. The monoisotopic (exact) mass is 309 g/mol. The van der Waals surface area contributed by atoms with Crippen molar-refractivity contribution in [3.8, 4) is 0 Å². The molecule has 0 saturated heterocycles. The summed E-state index contributed by atoms with van der Waals surface area (Å²) >= 11 is 3.47. The van der Waals surface area contributed by atoms with Gasteiger partial charge in [0.15, 0.2) is 0 Å². The van der Waals surface area contributed by atoms with Crippen molar-refractivity contribution in [3.63, 3.8) is 0 Å². The van der Waals surface area contributed by atoms with E-state index in [0.29, 0.717) is 6.04 Å². The molecule has 18 heavy (non-hydrogen) atoms. The van der Waals surface area contributed by atoms with Crippen molar-refractivity contribution in [1.82, 2.24) is 5.32 Å². The lowest BCUT2D eigenvalue weighted by Gasteiger charge is -2.16. The Balaban J connectivity index is 2.02. The molecule has 98 valence electrons. The Morgan fingerprint density at radius 1 is 1.22 bits per heavy atom. The summed E-state index contributed by atoms with van der Waals surface area (Å²) in [5.74, 6) is 0.0498. The molecular weight excluding hydrogens is 290 g/mol. The van der Waals surface area contributed by atoms with E-state index in [1.54, 1.807) is 0 Å². The molecule has 2 nitrogen and oxygen atoms in total. The fourth-order valence-electron chi connectivity index (χ4n) is 2.49. The van der Waals surface area contributed by atoms with Gasteiger partial charge in [-0.2, -0.15) is 0 Å². The van der Waals surface area contributed by atoms with Crippen molar-refractivity contribution < 1.29 is 4.79 Å². The highest BCUT2D eigenvalue weighted by Gasteiger charge is 2.17. The topological polar surface area (TPSA) is 29.1 Å². The van der Waals surface area contributed by atoms with Crippen LogP contribution < -0.4 is 5.32 Å². The van der Waals surface area contributed by atoms with E-state index in [1.807, 2.05) is 25.1 Å². The molecule has 0 spiro atoms. The zero-order valence-corrected chi connectivity index (χ0v) is 12.4. The van der Waals surface area contributed by atoms with Crippen LogP contribution in [0.25, 0.3) is 0 Å². The molecule has 1 aliphatic rings. The normalized spacial score (nSPS) is 17.2. The summed E-state index contributed by atoms with van der Waals surface area (Å²) in [6, 6.07) is 6.22. The third-order valence-corrected chi connectivity index (χ3v) is 4.22. The van der Waals surface area contributed by atoms with Gasteiger partial charge in [-0.3, -0.25) is 4.79 Å². The number of carbonyl (C=O) groups excluding carboxylic acids is 1. The summed E-state index contributed by atoms with van der Waals surface area (Å²) in [6.07, 6.45) is 7.33. The van der Waals surface area contributed by atoms with Gasteiger partial charge < -0.3 is 5.32 Å². The van der Waals surface area contributed by atoms with Crippen molar-refractivity contribution in [2.45, 2.75) is 51.5 Å². The summed E-state index contributed by atoms with van der Waals surface area (Å²) < 4.78 is 0.883. The Hall–Kier alpha value is -0.830. The minimum atomic E-state index is 0.0498. The Morgan fingerprint density at radius 3 is 2.50 bits per heavy atom. The van der Waals surface area contributed by atoms with Crippen molar-refractivity contribution in [2.75, 3.05) is 0 Å². The van der Waals surface area contributed by atoms with Crippen LogP contribution in [0.5, 0.6) is 0 Å². The summed E-state index contributed by atoms with van der Waals surface area (Å²) in [5, 5.41) is 3.17. The third-order valence-electron chi connectivity index (χ3n) is 3.56. The van der Waals surface area contributed by atoms with E-state index in [2.05, 4.69) is 21.2 Å². The molecule has 0 heterocycles. The van der Waals surface area contributed by atoms with Crippen LogP contribution in [0.2, 0.25) is 0 Å². The van der Waals surface area contributed by atoms with Gasteiger partial charge >= 0.3 is 0 Å². The predicted octanol–water partition coefficient (Wildman–Crippen LogP) is 4.21. The van der Waals surface area contributed by atoms with Crippen molar-refractivity contribution >= 4 is 21.8 Å². The highest BCUT2D eigenvalue weighted by Crippen LogP contribution is 2.21. The van der Waals surface area contributed by atoms with Crippen molar-refractivity contribution in [1.29, 1.82) is 0 Å². The maximum absolute atomic E-state index is 12.2. The van der Waals surface area contributed by atoms with Gasteiger partial charge in [0.2, 0.25) is 0 Å². The second kappa shape index (κ2) is 6.37. The van der Waals surface area contributed by atoms with Crippen LogP contribution in [0.1, 0.15) is 54.4 Å². The average Bonchev–Trinajstić information content (AvgIpc) is 2.57. The predicted molar refractivity (Wildman–Crippen MR) is 77.8 cm³/mol. The van der Waals surface area contributed by atoms with Crippen LogP contribution in [0.4, 0.5) is 0 Å². The maximum atomic E-state index is 12.2. The largest absolute Gasteiger partial charge is 0.349 e. The Kier molecular flexibility index (Phi) is 4.81. The van der Waals surface area contributed by atoms with Gasteiger partial charge in [0, 0.05) is 10.5 Å². The van der Waals surface area contributed by atoms with E-state index in [1.165, 1.54) is 25.7 Å². The molecule has 0 bridgehead atoms. The fraction of sp³-hybridized carbons (Fsp3) is 0.533. The van der Waals surface area contributed by atoms with Gasteiger partial charge in [-0.15, -0.1) is 0 Å². The molecule has 3 heteroatoms. The lowest BCUT2D eigenvalue weighted by molar-refractivity contribution is 0.0932. The van der Waals surface area contributed by atoms with Gasteiger partial charge in [-0.25, -0.2) is 0 Å². The second-order valence-electron chi connectivity index (χ2n) is 5.15. The zero-order valence-electron chi connectivity index (χ0n) is 10.8. The number of halogens is 1. The highest BCUT2D eigenvalue weighted by atomic mass is 79.9. The standard InChI is InChI=1S/C15H20BrNO/c1-11-8-9-13(14(16)10-11)15(18)17-12-6-4-2-3-5-7-12/h8-10,12H,2-7H2,1H3,(H,17,18). The molecule has 0 unspecified atom stereocenters. The molecular formula is C15H20BrNO. The van der Waals surface area contributed by atoms with Crippen LogP contribution in [-0.4, -0.2) is 11.9 Å². The van der Waals surface area contributed by atoms with E-state index < -0.39 is 0 Å².